The fourth-order valence-electron chi connectivity index (χ4n) is 1.52. The van der Waals surface area contributed by atoms with Crippen LogP contribution in [0, 0.1) is 0 Å². The van der Waals surface area contributed by atoms with Crippen LogP contribution in [0.3, 0.4) is 0 Å². The first kappa shape index (κ1) is 12.2. The lowest BCUT2D eigenvalue weighted by molar-refractivity contribution is 0.189. The molecule has 1 aromatic rings. The second-order valence-electron chi connectivity index (χ2n) is 3.66. The molecular formula is C11H21N3O. The summed E-state index contributed by atoms with van der Waals surface area (Å²) in [5.41, 5.74) is 1.24. The first-order valence-electron chi connectivity index (χ1n) is 5.52. The monoisotopic (exact) mass is 211 g/mol. The van der Waals surface area contributed by atoms with Gasteiger partial charge in [0.15, 0.2) is 0 Å². The van der Waals surface area contributed by atoms with Crippen molar-refractivity contribution in [1.29, 1.82) is 0 Å². The number of aromatic nitrogens is 2. The van der Waals surface area contributed by atoms with Crippen LogP contribution in [0.25, 0.3) is 0 Å². The molecule has 1 unspecified atom stereocenters. The summed E-state index contributed by atoms with van der Waals surface area (Å²) in [7, 11) is 1.72. The molecule has 0 spiro atoms. The van der Waals surface area contributed by atoms with Crippen LogP contribution in [0.1, 0.15) is 31.9 Å². The summed E-state index contributed by atoms with van der Waals surface area (Å²) in [6.45, 7) is 6.96. The van der Waals surface area contributed by atoms with Gasteiger partial charge >= 0.3 is 0 Å². The molecule has 86 valence electrons. The van der Waals surface area contributed by atoms with E-state index < -0.39 is 0 Å². The first-order chi connectivity index (χ1) is 7.27. The summed E-state index contributed by atoms with van der Waals surface area (Å²) in [5.74, 6) is 0. The molecule has 4 heteroatoms. The van der Waals surface area contributed by atoms with Crippen molar-refractivity contribution in [3.05, 3.63) is 18.0 Å². The summed E-state index contributed by atoms with van der Waals surface area (Å²) in [4.78, 5) is 0. The van der Waals surface area contributed by atoms with E-state index in [0.29, 0.717) is 6.04 Å². The topological polar surface area (TPSA) is 39.1 Å². The van der Waals surface area contributed by atoms with Crippen molar-refractivity contribution in [2.75, 3.05) is 20.3 Å². The molecule has 1 heterocycles. The zero-order valence-electron chi connectivity index (χ0n) is 9.86. The number of nitrogens with zero attached hydrogens (tertiary/aromatic N) is 2. The molecule has 4 nitrogen and oxygen atoms in total. The molecule has 0 saturated heterocycles. The predicted molar refractivity (Wildman–Crippen MR) is 60.8 cm³/mol. The molecule has 0 amide bonds. The van der Waals surface area contributed by atoms with Crippen molar-refractivity contribution in [3.8, 4) is 0 Å². The predicted octanol–water partition coefficient (Wildman–Crippen LogP) is 1.59. The van der Waals surface area contributed by atoms with E-state index in [1.54, 1.807) is 7.11 Å². The molecule has 0 aromatic carbocycles. The average Bonchev–Trinajstić information content (AvgIpc) is 2.67. The Morgan fingerprint density at radius 1 is 1.60 bits per heavy atom. The van der Waals surface area contributed by atoms with Crippen molar-refractivity contribution in [2.45, 2.75) is 32.9 Å². The molecule has 0 fully saturated rings. The van der Waals surface area contributed by atoms with Crippen LogP contribution in [-0.4, -0.2) is 30.0 Å². The quantitative estimate of drug-likeness (QED) is 0.696. The fourth-order valence-corrected chi connectivity index (χ4v) is 1.52. The van der Waals surface area contributed by atoms with E-state index in [9.17, 15) is 0 Å². The number of hydrogen-bond donors (Lipinski definition) is 1. The van der Waals surface area contributed by atoms with Gasteiger partial charge in [-0.1, -0.05) is 6.92 Å². The van der Waals surface area contributed by atoms with Gasteiger partial charge in [-0.25, -0.2) is 0 Å². The standard InChI is InChI=1S/C11H21N3O/c1-4-12-10(2)11-8-13-14(9-11)6-5-7-15-3/h8-10,12H,4-7H2,1-3H3. The van der Waals surface area contributed by atoms with Crippen molar-refractivity contribution in [3.63, 3.8) is 0 Å². The Morgan fingerprint density at radius 3 is 3.07 bits per heavy atom. The maximum atomic E-state index is 5.00. The summed E-state index contributed by atoms with van der Waals surface area (Å²) >= 11 is 0. The minimum absolute atomic E-state index is 0.381. The summed E-state index contributed by atoms with van der Waals surface area (Å²) in [5, 5.41) is 7.68. The molecule has 0 aliphatic carbocycles. The lowest BCUT2D eigenvalue weighted by Gasteiger charge is -2.08. The maximum Gasteiger partial charge on any atom is 0.0537 e. The van der Waals surface area contributed by atoms with Gasteiger partial charge in [-0.15, -0.1) is 0 Å². The van der Waals surface area contributed by atoms with Gasteiger partial charge in [-0.2, -0.15) is 5.10 Å². The molecule has 0 radical (unpaired) electrons. The van der Waals surface area contributed by atoms with Crippen LogP contribution in [0.2, 0.25) is 0 Å². The summed E-state index contributed by atoms with van der Waals surface area (Å²) in [6.07, 6.45) is 5.04. The van der Waals surface area contributed by atoms with Crippen LogP contribution in [0.4, 0.5) is 0 Å². The lowest BCUT2D eigenvalue weighted by atomic mass is 10.2. The molecule has 1 N–H and O–H groups in total. The van der Waals surface area contributed by atoms with Crippen LogP contribution in [0.15, 0.2) is 12.4 Å². The first-order valence-corrected chi connectivity index (χ1v) is 5.52. The van der Waals surface area contributed by atoms with Gasteiger partial charge in [0, 0.05) is 38.1 Å². The molecule has 0 aliphatic heterocycles. The van der Waals surface area contributed by atoms with E-state index in [2.05, 4.69) is 30.5 Å². The zero-order chi connectivity index (χ0) is 11.1. The lowest BCUT2D eigenvalue weighted by Crippen LogP contribution is -2.17. The number of nitrogens with one attached hydrogen (secondary N) is 1. The Bertz CT molecular complexity index is 273. The molecular weight excluding hydrogens is 190 g/mol. The van der Waals surface area contributed by atoms with Crippen molar-refractivity contribution < 1.29 is 4.74 Å². The average molecular weight is 211 g/mol. The van der Waals surface area contributed by atoms with E-state index in [1.807, 2.05) is 10.9 Å². The zero-order valence-corrected chi connectivity index (χ0v) is 9.86. The number of methoxy groups -OCH3 is 1. The highest BCUT2D eigenvalue weighted by Crippen LogP contribution is 2.10. The van der Waals surface area contributed by atoms with Gasteiger partial charge in [0.2, 0.25) is 0 Å². The third-order valence-electron chi connectivity index (χ3n) is 2.40. The number of aryl methyl sites for hydroxylation is 1. The third kappa shape index (κ3) is 4.01. The van der Waals surface area contributed by atoms with Crippen LogP contribution in [-0.2, 0) is 11.3 Å². The fraction of sp³-hybridized carbons (Fsp3) is 0.727. The van der Waals surface area contributed by atoms with Gasteiger partial charge in [0.05, 0.1) is 6.20 Å². The van der Waals surface area contributed by atoms with Gasteiger partial charge in [0.1, 0.15) is 0 Å². The minimum atomic E-state index is 0.381. The van der Waals surface area contributed by atoms with Crippen LogP contribution >= 0.6 is 0 Å². The molecule has 0 aliphatic rings. The van der Waals surface area contributed by atoms with E-state index in [4.69, 9.17) is 4.74 Å². The number of rotatable bonds is 7. The highest BCUT2D eigenvalue weighted by molar-refractivity contribution is 5.08. The molecule has 1 atom stereocenters. The van der Waals surface area contributed by atoms with E-state index in [0.717, 1.165) is 26.1 Å². The Labute approximate surface area is 91.6 Å². The van der Waals surface area contributed by atoms with Crippen LogP contribution in [0.5, 0.6) is 0 Å². The van der Waals surface area contributed by atoms with E-state index >= 15 is 0 Å². The van der Waals surface area contributed by atoms with E-state index in [1.165, 1.54) is 5.56 Å². The SMILES string of the molecule is CCNC(C)c1cnn(CCCOC)c1. The molecule has 0 saturated carbocycles. The smallest absolute Gasteiger partial charge is 0.0537 e. The largest absolute Gasteiger partial charge is 0.385 e. The Morgan fingerprint density at radius 2 is 2.40 bits per heavy atom. The summed E-state index contributed by atoms with van der Waals surface area (Å²) < 4.78 is 6.98. The third-order valence-corrected chi connectivity index (χ3v) is 2.40. The highest BCUT2D eigenvalue weighted by atomic mass is 16.5. The second-order valence-corrected chi connectivity index (χ2v) is 3.66. The second kappa shape index (κ2) is 6.58. The number of ether oxygens (including phenoxy) is 1. The van der Waals surface area contributed by atoms with Crippen molar-refractivity contribution in [1.82, 2.24) is 15.1 Å². The van der Waals surface area contributed by atoms with Crippen LogP contribution < -0.4 is 5.32 Å². The molecule has 0 bridgehead atoms. The Balaban J connectivity index is 2.41. The maximum absolute atomic E-state index is 5.00. The number of hydrogen-bond acceptors (Lipinski definition) is 3. The molecule has 1 aromatic heterocycles. The Hall–Kier alpha value is -0.870. The Kier molecular flexibility index (Phi) is 5.36. The van der Waals surface area contributed by atoms with Gasteiger partial charge in [0.25, 0.3) is 0 Å². The molecule has 1 rings (SSSR count). The molecule has 15 heavy (non-hydrogen) atoms. The summed E-state index contributed by atoms with van der Waals surface area (Å²) in [6, 6.07) is 0.381. The van der Waals surface area contributed by atoms with Gasteiger partial charge in [-0.3, -0.25) is 4.68 Å². The van der Waals surface area contributed by atoms with Crippen molar-refractivity contribution in [2.24, 2.45) is 0 Å². The van der Waals surface area contributed by atoms with Gasteiger partial charge < -0.3 is 10.1 Å². The normalized spacial score (nSPS) is 13.0. The van der Waals surface area contributed by atoms with Gasteiger partial charge in [-0.05, 0) is 19.9 Å². The highest BCUT2D eigenvalue weighted by Gasteiger charge is 2.05. The van der Waals surface area contributed by atoms with Crippen molar-refractivity contribution >= 4 is 0 Å². The minimum Gasteiger partial charge on any atom is -0.385 e. The van der Waals surface area contributed by atoms with E-state index in [-0.39, 0.29) is 0 Å².